The predicted molar refractivity (Wildman–Crippen MR) is 125 cm³/mol. The van der Waals surface area contributed by atoms with E-state index in [0.29, 0.717) is 0 Å². The molecule has 144 valence electrons. The van der Waals surface area contributed by atoms with Gasteiger partial charge in [0.05, 0.1) is 17.8 Å². The summed E-state index contributed by atoms with van der Waals surface area (Å²) in [6.45, 7) is 3.56. The molecule has 2 aromatic carbocycles. The molecule has 2 N–H and O–H groups in total. The Bertz CT molecular complexity index is 910. The third-order valence-electron chi connectivity index (χ3n) is 4.14. The van der Waals surface area contributed by atoms with Gasteiger partial charge in [-0.2, -0.15) is 0 Å². The standard InChI is InChI=1S/C20H24N4OS.HI/c1-14-24-18(13-26-14)8-9-22-20(21-2)23-12-15-4-5-17-11-19(25-3)7-6-16(17)10-15;/h4-7,10-11,13H,8-9,12H2,1-3H3,(H2,21,22,23);1H. The minimum Gasteiger partial charge on any atom is -0.497 e. The number of hydrogen-bond acceptors (Lipinski definition) is 4. The highest BCUT2D eigenvalue weighted by Gasteiger charge is 2.03. The van der Waals surface area contributed by atoms with E-state index >= 15 is 0 Å². The Morgan fingerprint density at radius 1 is 1.15 bits per heavy atom. The van der Waals surface area contributed by atoms with Crippen molar-refractivity contribution < 1.29 is 4.74 Å². The predicted octanol–water partition coefficient (Wildman–Crippen LogP) is 4.14. The number of thiazole rings is 1. The van der Waals surface area contributed by atoms with E-state index in [1.807, 2.05) is 19.1 Å². The highest BCUT2D eigenvalue weighted by molar-refractivity contribution is 14.0. The summed E-state index contributed by atoms with van der Waals surface area (Å²) in [7, 11) is 3.47. The van der Waals surface area contributed by atoms with E-state index in [9.17, 15) is 0 Å². The molecule has 0 fully saturated rings. The molecule has 0 radical (unpaired) electrons. The van der Waals surface area contributed by atoms with Crippen LogP contribution in [0.15, 0.2) is 46.8 Å². The number of nitrogens with zero attached hydrogens (tertiary/aromatic N) is 2. The molecule has 5 nitrogen and oxygen atoms in total. The van der Waals surface area contributed by atoms with Crippen molar-refractivity contribution in [1.82, 2.24) is 15.6 Å². The number of aryl methyl sites for hydroxylation is 1. The van der Waals surface area contributed by atoms with Crippen molar-refractivity contribution in [2.75, 3.05) is 20.7 Å². The molecule has 3 rings (SSSR count). The lowest BCUT2D eigenvalue weighted by atomic mass is 10.1. The van der Waals surface area contributed by atoms with E-state index in [0.717, 1.165) is 41.9 Å². The Balaban J connectivity index is 0.00000261. The van der Waals surface area contributed by atoms with E-state index in [-0.39, 0.29) is 24.0 Å². The first-order chi connectivity index (χ1) is 12.7. The maximum Gasteiger partial charge on any atom is 0.191 e. The molecular formula is C20H25IN4OS. The normalized spacial score (nSPS) is 11.1. The maximum absolute atomic E-state index is 5.28. The quantitative estimate of drug-likeness (QED) is 0.306. The first-order valence-corrected chi connectivity index (χ1v) is 9.48. The Hall–Kier alpha value is -1.87. The molecule has 1 aromatic heterocycles. The third kappa shape index (κ3) is 6.07. The summed E-state index contributed by atoms with van der Waals surface area (Å²) in [4.78, 5) is 8.76. The molecular weight excluding hydrogens is 471 g/mol. The van der Waals surface area contributed by atoms with Gasteiger partial charge >= 0.3 is 0 Å². The molecule has 0 spiro atoms. The topological polar surface area (TPSA) is 58.5 Å². The zero-order valence-electron chi connectivity index (χ0n) is 15.8. The van der Waals surface area contributed by atoms with Gasteiger partial charge in [-0.25, -0.2) is 4.98 Å². The number of hydrogen-bond donors (Lipinski definition) is 2. The molecule has 0 bridgehead atoms. The number of benzene rings is 2. The molecule has 0 aliphatic rings. The molecule has 1 heterocycles. The third-order valence-corrected chi connectivity index (χ3v) is 4.96. The lowest BCUT2D eigenvalue weighted by molar-refractivity contribution is 0.415. The van der Waals surface area contributed by atoms with Crippen molar-refractivity contribution in [2.45, 2.75) is 19.9 Å². The second kappa shape index (κ2) is 10.5. The van der Waals surface area contributed by atoms with Gasteiger partial charge < -0.3 is 15.4 Å². The summed E-state index contributed by atoms with van der Waals surface area (Å²) in [5.74, 6) is 1.68. The van der Waals surface area contributed by atoms with Crippen molar-refractivity contribution in [2.24, 2.45) is 4.99 Å². The van der Waals surface area contributed by atoms with Crippen LogP contribution in [0, 0.1) is 6.92 Å². The number of ether oxygens (including phenoxy) is 1. The summed E-state index contributed by atoms with van der Waals surface area (Å²) >= 11 is 1.69. The van der Waals surface area contributed by atoms with Gasteiger partial charge in [0.1, 0.15) is 5.75 Å². The van der Waals surface area contributed by atoms with E-state index in [1.165, 1.54) is 16.3 Å². The second-order valence-electron chi connectivity index (χ2n) is 6.01. The van der Waals surface area contributed by atoms with Crippen LogP contribution in [0.5, 0.6) is 5.75 Å². The molecule has 0 unspecified atom stereocenters. The summed E-state index contributed by atoms with van der Waals surface area (Å²) in [6.07, 6.45) is 0.892. The highest BCUT2D eigenvalue weighted by Crippen LogP contribution is 2.21. The van der Waals surface area contributed by atoms with Crippen LogP contribution in [0.1, 0.15) is 16.3 Å². The van der Waals surface area contributed by atoms with E-state index in [1.54, 1.807) is 25.5 Å². The minimum absolute atomic E-state index is 0. The van der Waals surface area contributed by atoms with Gasteiger partial charge in [0.15, 0.2) is 5.96 Å². The minimum atomic E-state index is 0. The number of aliphatic imine (C=N–C) groups is 1. The molecule has 0 aliphatic carbocycles. The summed E-state index contributed by atoms with van der Waals surface area (Å²) in [5.41, 5.74) is 2.33. The zero-order chi connectivity index (χ0) is 18.4. The number of nitrogens with one attached hydrogen (secondary N) is 2. The van der Waals surface area contributed by atoms with Gasteiger partial charge in [-0.3, -0.25) is 4.99 Å². The van der Waals surface area contributed by atoms with Crippen LogP contribution >= 0.6 is 35.3 Å². The molecule has 7 heteroatoms. The second-order valence-corrected chi connectivity index (χ2v) is 7.07. The Morgan fingerprint density at radius 3 is 2.63 bits per heavy atom. The molecule has 0 saturated heterocycles. The molecule has 0 amide bonds. The first kappa shape index (κ1) is 21.4. The van der Waals surface area contributed by atoms with Crippen LogP contribution in [0.4, 0.5) is 0 Å². The number of methoxy groups -OCH3 is 1. The summed E-state index contributed by atoms with van der Waals surface area (Å²) in [6, 6.07) is 12.6. The Kier molecular flexibility index (Phi) is 8.30. The molecule has 27 heavy (non-hydrogen) atoms. The average molecular weight is 496 g/mol. The van der Waals surface area contributed by atoms with E-state index in [2.05, 4.69) is 50.3 Å². The largest absolute Gasteiger partial charge is 0.497 e. The number of guanidine groups is 1. The molecule has 0 atom stereocenters. The van der Waals surface area contributed by atoms with Gasteiger partial charge in [-0.15, -0.1) is 35.3 Å². The van der Waals surface area contributed by atoms with Crippen molar-refractivity contribution >= 4 is 52.0 Å². The average Bonchev–Trinajstić information content (AvgIpc) is 3.09. The van der Waals surface area contributed by atoms with Crippen molar-refractivity contribution in [3.8, 4) is 5.75 Å². The first-order valence-electron chi connectivity index (χ1n) is 8.60. The Labute approximate surface area is 181 Å². The number of fused-ring (bicyclic) bond motifs is 1. The van der Waals surface area contributed by atoms with E-state index in [4.69, 9.17) is 4.74 Å². The van der Waals surface area contributed by atoms with Crippen LogP contribution in [0.3, 0.4) is 0 Å². The van der Waals surface area contributed by atoms with Crippen LogP contribution in [-0.2, 0) is 13.0 Å². The monoisotopic (exact) mass is 496 g/mol. The van der Waals surface area contributed by atoms with Gasteiger partial charge in [0.25, 0.3) is 0 Å². The fourth-order valence-electron chi connectivity index (χ4n) is 2.75. The fraction of sp³-hybridized carbons (Fsp3) is 0.300. The summed E-state index contributed by atoms with van der Waals surface area (Å²) < 4.78 is 5.28. The van der Waals surface area contributed by atoms with Gasteiger partial charge in [0.2, 0.25) is 0 Å². The number of aromatic nitrogens is 1. The number of rotatable bonds is 6. The van der Waals surface area contributed by atoms with Gasteiger partial charge in [-0.1, -0.05) is 18.2 Å². The highest BCUT2D eigenvalue weighted by atomic mass is 127. The van der Waals surface area contributed by atoms with Crippen molar-refractivity contribution in [3.05, 3.63) is 58.0 Å². The maximum atomic E-state index is 5.28. The molecule has 0 saturated carbocycles. The van der Waals surface area contributed by atoms with Gasteiger partial charge in [-0.05, 0) is 41.5 Å². The van der Waals surface area contributed by atoms with Crippen LogP contribution < -0.4 is 15.4 Å². The van der Waals surface area contributed by atoms with E-state index < -0.39 is 0 Å². The zero-order valence-corrected chi connectivity index (χ0v) is 18.9. The van der Waals surface area contributed by atoms with Crippen molar-refractivity contribution in [1.29, 1.82) is 0 Å². The fourth-order valence-corrected chi connectivity index (χ4v) is 3.40. The van der Waals surface area contributed by atoms with Crippen LogP contribution in [-0.4, -0.2) is 31.6 Å². The summed E-state index contributed by atoms with van der Waals surface area (Å²) in [5, 5.41) is 12.3. The lowest BCUT2D eigenvalue weighted by Gasteiger charge is -2.12. The smallest absolute Gasteiger partial charge is 0.191 e. The van der Waals surface area contributed by atoms with Crippen LogP contribution in [0.2, 0.25) is 0 Å². The molecule has 0 aliphatic heterocycles. The van der Waals surface area contributed by atoms with Crippen LogP contribution in [0.25, 0.3) is 10.8 Å². The SMILES string of the molecule is CN=C(NCCc1csc(C)n1)NCc1ccc2cc(OC)ccc2c1.I. The van der Waals surface area contributed by atoms with Gasteiger partial charge in [0, 0.05) is 31.9 Å². The van der Waals surface area contributed by atoms with Crippen molar-refractivity contribution in [3.63, 3.8) is 0 Å². The number of halogens is 1. The lowest BCUT2D eigenvalue weighted by Crippen LogP contribution is -2.37. The Morgan fingerprint density at radius 2 is 1.93 bits per heavy atom. The molecule has 3 aromatic rings.